The molecule has 1 aliphatic heterocycles. The smallest absolute Gasteiger partial charge is 0.0346 e. The fraction of sp³-hybridized carbons (Fsp3) is 0.308. The van der Waals surface area contributed by atoms with Gasteiger partial charge in [-0.15, -0.1) is 0 Å². The van der Waals surface area contributed by atoms with Crippen molar-refractivity contribution >= 4 is 10.8 Å². The minimum Gasteiger partial charge on any atom is -0.310 e. The van der Waals surface area contributed by atoms with Gasteiger partial charge in [0.1, 0.15) is 0 Å². The molecule has 2 aromatic rings. The van der Waals surface area contributed by atoms with Gasteiger partial charge in [0.15, 0.2) is 0 Å². The molecule has 0 saturated carbocycles. The van der Waals surface area contributed by atoms with Crippen molar-refractivity contribution in [3.8, 4) is 0 Å². The number of aromatic nitrogens is 1. The Morgan fingerprint density at radius 1 is 1.20 bits per heavy atom. The fourth-order valence-corrected chi connectivity index (χ4v) is 2.37. The van der Waals surface area contributed by atoms with Gasteiger partial charge in [-0.1, -0.05) is 24.3 Å². The number of pyridine rings is 1. The molecule has 1 atom stereocenters. The molecule has 0 unspecified atom stereocenters. The van der Waals surface area contributed by atoms with E-state index in [1.807, 2.05) is 12.4 Å². The van der Waals surface area contributed by atoms with Gasteiger partial charge in [-0.3, -0.25) is 4.98 Å². The van der Waals surface area contributed by atoms with Gasteiger partial charge in [0, 0.05) is 23.8 Å². The van der Waals surface area contributed by atoms with E-state index in [9.17, 15) is 0 Å². The normalized spacial score (nSPS) is 20.9. The fourth-order valence-electron chi connectivity index (χ4n) is 2.37. The Kier molecular flexibility index (Phi) is 2.14. The Morgan fingerprint density at radius 3 is 3.00 bits per heavy atom. The van der Waals surface area contributed by atoms with Crippen molar-refractivity contribution in [2.75, 3.05) is 6.54 Å². The Labute approximate surface area is 89.3 Å². The van der Waals surface area contributed by atoms with E-state index in [1.54, 1.807) is 0 Å². The molecule has 1 N–H and O–H groups in total. The van der Waals surface area contributed by atoms with E-state index < -0.39 is 0 Å². The lowest BCUT2D eigenvalue weighted by Crippen LogP contribution is -2.13. The van der Waals surface area contributed by atoms with E-state index in [4.69, 9.17) is 0 Å². The monoisotopic (exact) mass is 198 g/mol. The minimum atomic E-state index is 0.503. The molecule has 0 aliphatic carbocycles. The molecule has 76 valence electrons. The van der Waals surface area contributed by atoms with Crippen LogP contribution < -0.4 is 5.32 Å². The third-order valence-electron chi connectivity index (χ3n) is 3.13. The maximum atomic E-state index is 4.32. The summed E-state index contributed by atoms with van der Waals surface area (Å²) in [5, 5.41) is 6.10. The number of nitrogens with one attached hydrogen (secondary N) is 1. The third kappa shape index (κ3) is 1.51. The summed E-state index contributed by atoms with van der Waals surface area (Å²) < 4.78 is 0. The summed E-state index contributed by atoms with van der Waals surface area (Å²) in [4.78, 5) is 4.32. The number of benzene rings is 1. The van der Waals surface area contributed by atoms with Crippen molar-refractivity contribution in [1.82, 2.24) is 10.3 Å². The second kappa shape index (κ2) is 3.63. The zero-order valence-corrected chi connectivity index (χ0v) is 8.61. The molecule has 1 aliphatic rings. The van der Waals surface area contributed by atoms with Crippen molar-refractivity contribution in [1.29, 1.82) is 0 Å². The zero-order valence-electron chi connectivity index (χ0n) is 8.61. The van der Waals surface area contributed by atoms with Gasteiger partial charge in [0.25, 0.3) is 0 Å². The van der Waals surface area contributed by atoms with Crippen LogP contribution in [-0.2, 0) is 0 Å². The minimum absolute atomic E-state index is 0.503. The van der Waals surface area contributed by atoms with Crippen molar-refractivity contribution < 1.29 is 0 Å². The summed E-state index contributed by atoms with van der Waals surface area (Å²) >= 11 is 0. The Hall–Kier alpha value is -1.41. The number of fused-ring (bicyclic) bond motifs is 1. The van der Waals surface area contributed by atoms with Crippen LogP contribution in [0.1, 0.15) is 24.4 Å². The maximum absolute atomic E-state index is 4.32. The predicted molar refractivity (Wildman–Crippen MR) is 61.7 cm³/mol. The van der Waals surface area contributed by atoms with E-state index in [-0.39, 0.29) is 0 Å². The molecule has 1 aromatic carbocycles. The molecule has 2 heterocycles. The van der Waals surface area contributed by atoms with Gasteiger partial charge in [-0.2, -0.15) is 0 Å². The molecule has 15 heavy (non-hydrogen) atoms. The van der Waals surface area contributed by atoms with Crippen LogP contribution in [0.2, 0.25) is 0 Å². The summed E-state index contributed by atoms with van der Waals surface area (Å²) in [6, 6.07) is 8.98. The highest BCUT2D eigenvalue weighted by molar-refractivity contribution is 5.85. The zero-order chi connectivity index (χ0) is 10.1. The van der Waals surface area contributed by atoms with Gasteiger partial charge in [-0.25, -0.2) is 0 Å². The molecule has 1 saturated heterocycles. The van der Waals surface area contributed by atoms with Gasteiger partial charge in [0.05, 0.1) is 0 Å². The Bertz CT molecular complexity index is 467. The average molecular weight is 198 g/mol. The van der Waals surface area contributed by atoms with E-state index in [0.29, 0.717) is 6.04 Å². The van der Waals surface area contributed by atoms with Gasteiger partial charge >= 0.3 is 0 Å². The molecule has 0 amide bonds. The highest BCUT2D eigenvalue weighted by Gasteiger charge is 2.18. The third-order valence-corrected chi connectivity index (χ3v) is 3.13. The molecule has 2 heteroatoms. The van der Waals surface area contributed by atoms with Crippen LogP contribution in [0.15, 0.2) is 36.7 Å². The first-order chi connectivity index (χ1) is 7.45. The number of hydrogen-bond acceptors (Lipinski definition) is 2. The molecule has 2 nitrogen and oxygen atoms in total. The SMILES string of the molecule is c1ccc2c([C@@H]3CCCN3)cncc2c1. The predicted octanol–water partition coefficient (Wildman–Crippen LogP) is 2.66. The molecular weight excluding hydrogens is 184 g/mol. The van der Waals surface area contributed by atoms with E-state index >= 15 is 0 Å². The Morgan fingerprint density at radius 2 is 2.13 bits per heavy atom. The van der Waals surface area contributed by atoms with E-state index in [2.05, 4.69) is 34.6 Å². The van der Waals surface area contributed by atoms with Crippen LogP contribution in [-0.4, -0.2) is 11.5 Å². The molecule has 1 fully saturated rings. The first-order valence-electron chi connectivity index (χ1n) is 5.51. The van der Waals surface area contributed by atoms with Gasteiger partial charge in [0.2, 0.25) is 0 Å². The van der Waals surface area contributed by atoms with Crippen LogP contribution >= 0.6 is 0 Å². The maximum Gasteiger partial charge on any atom is 0.0346 e. The molecular formula is C13H14N2. The largest absolute Gasteiger partial charge is 0.310 e. The number of rotatable bonds is 1. The first-order valence-corrected chi connectivity index (χ1v) is 5.51. The summed E-state index contributed by atoms with van der Waals surface area (Å²) in [7, 11) is 0. The summed E-state index contributed by atoms with van der Waals surface area (Å²) in [5.74, 6) is 0. The Balaban J connectivity index is 2.16. The summed E-state index contributed by atoms with van der Waals surface area (Å²) in [6.45, 7) is 1.13. The van der Waals surface area contributed by atoms with Crippen LogP contribution in [0.3, 0.4) is 0 Å². The van der Waals surface area contributed by atoms with E-state index in [1.165, 1.54) is 29.2 Å². The van der Waals surface area contributed by atoms with Crippen molar-refractivity contribution in [2.45, 2.75) is 18.9 Å². The van der Waals surface area contributed by atoms with Crippen molar-refractivity contribution in [3.05, 3.63) is 42.2 Å². The van der Waals surface area contributed by atoms with Crippen LogP contribution in [0.25, 0.3) is 10.8 Å². The van der Waals surface area contributed by atoms with Crippen LogP contribution in [0.5, 0.6) is 0 Å². The molecule has 3 rings (SSSR count). The summed E-state index contributed by atoms with van der Waals surface area (Å²) in [5.41, 5.74) is 1.35. The molecule has 1 aromatic heterocycles. The quantitative estimate of drug-likeness (QED) is 0.762. The number of hydrogen-bond donors (Lipinski definition) is 1. The van der Waals surface area contributed by atoms with Gasteiger partial charge in [-0.05, 0) is 30.3 Å². The lowest BCUT2D eigenvalue weighted by molar-refractivity contribution is 0.650. The van der Waals surface area contributed by atoms with E-state index in [0.717, 1.165) is 6.54 Å². The topological polar surface area (TPSA) is 24.9 Å². The number of nitrogens with zero attached hydrogens (tertiary/aromatic N) is 1. The molecule has 0 radical (unpaired) electrons. The lowest BCUT2D eigenvalue weighted by Gasteiger charge is -2.12. The second-order valence-corrected chi connectivity index (χ2v) is 4.10. The highest BCUT2D eigenvalue weighted by atomic mass is 14.9. The van der Waals surface area contributed by atoms with Crippen molar-refractivity contribution in [3.63, 3.8) is 0 Å². The second-order valence-electron chi connectivity index (χ2n) is 4.10. The molecule has 0 bridgehead atoms. The lowest BCUT2D eigenvalue weighted by atomic mass is 10.0. The molecule has 0 spiro atoms. The average Bonchev–Trinajstić information content (AvgIpc) is 2.82. The van der Waals surface area contributed by atoms with Gasteiger partial charge < -0.3 is 5.32 Å². The first kappa shape index (κ1) is 8.86. The highest BCUT2D eigenvalue weighted by Crippen LogP contribution is 2.28. The summed E-state index contributed by atoms with van der Waals surface area (Å²) in [6.07, 6.45) is 6.45. The van der Waals surface area contributed by atoms with Crippen molar-refractivity contribution in [2.24, 2.45) is 0 Å². The van der Waals surface area contributed by atoms with Crippen LogP contribution in [0.4, 0.5) is 0 Å². The standard InChI is InChI=1S/C13H14N2/c1-2-5-11-10(4-1)8-14-9-12(11)13-6-3-7-15-13/h1-2,4-5,8-9,13,15H,3,6-7H2/t13-/m0/s1. The van der Waals surface area contributed by atoms with Crippen LogP contribution in [0, 0.1) is 0 Å².